The summed E-state index contributed by atoms with van der Waals surface area (Å²) >= 11 is 19.8. The molecule has 0 fully saturated rings. The average Bonchev–Trinajstić information content (AvgIpc) is 3.93. The maximum absolute atomic E-state index is 9.43. The van der Waals surface area contributed by atoms with Crippen LogP contribution in [-0.4, -0.2) is 26.3 Å². The SMILES string of the molecule is Clc1cccc2c1Cc1ccc(-c3ccc4c(c3)c3ccccc3n4-c3ccccc3)cc1S2.Clc1cccc2c1Cc1ccc(Br)cc1S2.OB(O)c1ccc2c(c1)c1ccccc1n2-c1ccccc1. The lowest BCUT2D eigenvalue weighted by Crippen LogP contribution is -2.29. The van der Waals surface area contributed by atoms with Gasteiger partial charge in [-0.25, -0.2) is 0 Å². The normalized spacial score (nSPS) is 12.3. The van der Waals surface area contributed by atoms with Crippen LogP contribution in [0, 0.1) is 0 Å². The molecule has 2 aliphatic rings. The molecule has 0 aliphatic carbocycles. The molecule has 2 aliphatic heterocycles. The lowest BCUT2D eigenvalue weighted by molar-refractivity contribution is 0.426. The first-order valence-electron chi connectivity index (χ1n) is 23.6. The third-order valence-corrected chi connectivity index (χ3v) is 17.1. The molecule has 0 spiro atoms. The zero-order chi connectivity index (χ0) is 48.9. The van der Waals surface area contributed by atoms with E-state index in [1.54, 1.807) is 17.8 Å². The van der Waals surface area contributed by atoms with Crippen LogP contribution in [0.3, 0.4) is 0 Å². The monoisotopic (exact) mass is 1070 g/mol. The van der Waals surface area contributed by atoms with Crippen LogP contribution < -0.4 is 5.46 Å². The Hall–Kier alpha value is -6.46. The van der Waals surface area contributed by atoms with Crippen LogP contribution in [0.4, 0.5) is 0 Å². The molecule has 0 amide bonds. The summed E-state index contributed by atoms with van der Waals surface area (Å²) in [5.74, 6) is 0. The molecule has 0 atom stereocenters. The second kappa shape index (κ2) is 19.9. The summed E-state index contributed by atoms with van der Waals surface area (Å²) in [6.07, 6.45) is 1.83. The molecule has 10 aromatic carbocycles. The van der Waals surface area contributed by atoms with Gasteiger partial charge in [0.2, 0.25) is 0 Å². The fourth-order valence-electron chi connectivity index (χ4n) is 9.99. The first-order valence-corrected chi connectivity index (χ1v) is 26.8. The third-order valence-electron chi connectivity index (χ3n) is 13.5. The van der Waals surface area contributed by atoms with Crippen molar-refractivity contribution in [2.24, 2.45) is 0 Å². The van der Waals surface area contributed by atoms with Crippen LogP contribution in [0.1, 0.15) is 22.3 Å². The molecule has 0 bridgehead atoms. The highest BCUT2D eigenvalue weighted by atomic mass is 79.9. The molecule has 14 rings (SSSR count). The van der Waals surface area contributed by atoms with Gasteiger partial charge in [-0.3, -0.25) is 0 Å². The largest absolute Gasteiger partial charge is 0.488 e. The van der Waals surface area contributed by atoms with E-state index in [-0.39, 0.29) is 0 Å². The first kappa shape index (κ1) is 46.6. The number of para-hydroxylation sites is 4. The Bertz CT molecular complexity index is 4030. The quantitative estimate of drug-likeness (QED) is 0.173. The Labute approximate surface area is 444 Å². The second-order valence-electron chi connectivity index (χ2n) is 17.8. The Kier molecular flexibility index (Phi) is 12.9. The van der Waals surface area contributed by atoms with Gasteiger partial charge < -0.3 is 19.2 Å². The van der Waals surface area contributed by atoms with Crippen LogP contribution in [0.15, 0.2) is 242 Å². The van der Waals surface area contributed by atoms with Gasteiger partial charge in [-0.05, 0) is 136 Å². The molecule has 10 heteroatoms. The predicted molar refractivity (Wildman–Crippen MR) is 308 cm³/mol. The van der Waals surface area contributed by atoms with E-state index in [1.807, 2.05) is 78.5 Å². The van der Waals surface area contributed by atoms with Crippen LogP contribution in [0.5, 0.6) is 0 Å². The summed E-state index contributed by atoms with van der Waals surface area (Å²) in [6, 6.07) is 75.6. The Morgan fingerprint density at radius 2 is 0.861 bits per heavy atom. The molecule has 0 radical (unpaired) electrons. The standard InChI is InChI=1S/C31H20ClNS.C18H14BNO2.C13H8BrClS/c32-27-10-6-12-30-26(27)18-22-14-13-21(19-31(22)34-30)20-15-16-29-25(17-20)24-9-4-5-11-28(24)33(29)23-7-2-1-3-8-23;21-19(22)13-10-11-18-16(12-13)15-8-4-5-9-17(15)20(18)14-6-2-1-3-7-14;14-9-5-4-8-6-10-11(15)2-1-3-12(10)16-13(8)7-9/h1-17,19H,18H2;1-12,21-22H;1-5,7H,6H2. The van der Waals surface area contributed by atoms with Gasteiger partial charge in [-0.1, -0.05) is 184 Å². The summed E-state index contributed by atoms with van der Waals surface area (Å²) in [5, 5.41) is 25.3. The molecule has 348 valence electrons. The third kappa shape index (κ3) is 8.86. The van der Waals surface area contributed by atoms with Crippen molar-refractivity contribution in [2.45, 2.75) is 32.4 Å². The summed E-state index contributed by atoms with van der Waals surface area (Å²) < 4.78 is 5.68. The molecule has 72 heavy (non-hydrogen) atoms. The average molecular weight is 1070 g/mol. The molecule has 0 saturated heterocycles. The van der Waals surface area contributed by atoms with Gasteiger partial charge in [-0.2, -0.15) is 0 Å². The Morgan fingerprint density at radius 1 is 0.403 bits per heavy atom. The van der Waals surface area contributed by atoms with Crippen molar-refractivity contribution in [1.82, 2.24) is 9.13 Å². The number of hydrogen-bond acceptors (Lipinski definition) is 4. The lowest BCUT2D eigenvalue weighted by Gasteiger charge is -2.20. The van der Waals surface area contributed by atoms with E-state index in [1.165, 1.54) is 80.5 Å². The van der Waals surface area contributed by atoms with Crippen molar-refractivity contribution in [2.75, 3.05) is 0 Å². The van der Waals surface area contributed by atoms with Crippen molar-refractivity contribution in [1.29, 1.82) is 0 Å². The van der Waals surface area contributed by atoms with Crippen LogP contribution in [0.2, 0.25) is 10.0 Å². The van der Waals surface area contributed by atoms with E-state index in [0.29, 0.717) is 5.46 Å². The molecule has 4 nitrogen and oxygen atoms in total. The summed E-state index contributed by atoms with van der Waals surface area (Å²) in [5.41, 5.74) is 15.1. The number of hydrogen-bond donors (Lipinski definition) is 2. The molecule has 2 aromatic heterocycles. The summed E-state index contributed by atoms with van der Waals surface area (Å²) in [7, 11) is -1.46. The van der Waals surface area contributed by atoms with Gasteiger partial charge in [0.1, 0.15) is 0 Å². The van der Waals surface area contributed by atoms with Gasteiger partial charge >= 0.3 is 7.12 Å². The minimum atomic E-state index is -1.46. The molecule has 0 unspecified atom stereocenters. The minimum Gasteiger partial charge on any atom is -0.423 e. The maximum atomic E-state index is 9.43. The highest BCUT2D eigenvalue weighted by Gasteiger charge is 2.21. The molecule has 2 N–H and O–H groups in total. The smallest absolute Gasteiger partial charge is 0.423 e. The number of benzene rings is 10. The lowest BCUT2D eigenvalue weighted by atomic mass is 9.80. The van der Waals surface area contributed by atoms with E-state index in [4.69, 9.17) is 23.2 Å². The second-order valence-corrected chi connectivity index (χ2v) is 21.7. The number of halogens is 3. The van der Waals surface area contributed by atoms with Crippen molar-refractivity contribution >= 4 is 119 Å². The van der Waals surface area contributed by atoms with E-state index < -0.39 is 7.12 Å². The van der Waals surface area contributed by atoms with Crippen molar-refractivity contribution < 1.29 is 10.0 Å². The minimum absolute atomic E-state index is 0.503. The highest BCUT2D eigenvalue weighted by Crippen LogP contribution is 2.45. The zero-order valence-corrected chi connectivity index (χ0v) is 43.2. The zero-order valence-electron chi connectivity index (χ0n) is 38.5. The Morgan fingerprint density at radius 3 is 1.43 bits per heavy atom. The van der Waals surface area contributed by atoms with Crippen molar-refractivity contribution in [3.8, 4) is 22.5 Å². The molecular formula is C62H42BBrCl2N2O2S2. The van der Waals surface area contributed by atoms with Gasteiger partial charge in [0.15, 0.2) is 0 Å². The van der Waals surface area contributed by atoms with Crippen LogP contribution in [-0.2, 0) is 12.8 Å². The van der Waals surface area contributed by atoms with E-state index >= 15 is 0 Å². The Balaban J connectivity index is 0.000000120. The van der Waals surface area contributed by atoms with E-state index in [0.717, 1.165) is 54.9 Å². The maximum Gasteiger partial charge on any atom is 0.488 e. The van der Waals surface area contributed by atoms with Crippen molar-refractivity contribution in [3.05, 3.63) is 255 Å². The summed E-state index contributed by atoms with van der Waals surface area (Å²) in [4.78, 5) is 5.18. The number of nitrogens with zero attached hydrogens (tertiary/aromatic N) is 2. The fourth-order valence-corrected chi connectivity index (χ4v) is 13.4. The van der Waals surface area contributed by atoms with E-state index in [2.05, 4.69) is 171 Å². The van der Waals surface area contributed by atoms with Crippen LogP contribution in [0.25, 0.3) is 66.1 Å². The number of rotatable bonds is 4. The van der Waals surface area contributed by atoms with Gasteiger partial charge in [0.05, 0.1) is 22.1 Å². The topological polar surface area (TPSA) is 50.3 Å². The van der Waals surface area contributed by atoms with Crippen molar-refractivity contribution in [3.63, 3.8) is 0 Å². The molecule has 0 saturated carbocycles. The first-order chi connectivity index (χ1) is 35.3. The van der Waals surface area contributed by atoms with Gasteiger partial charge in [-0.15, -0.1) is 0 Å². The molecule has 12 aromatic rings. The molecular weight excluding hydrogens is 1030 g/mol. The highest BCUT2D eigenvalue weighted by molar-refractivity contribution is 9.10. The van der Waals surface area contributed by atoms with E-state index in [9.17, 15) is 10.0 Å². The fraction of sp³-hybridized carbons (Fsp3) is 0.0323. The molecule has 4 heterocycles. The summed E-state index contributed by atoms with van der Waals surface area (Å²) in [6.45, 7) is 0. The number of aromatic nitrogens is 2. The van der Waals surface area contributed by atoms with Gasteiger partial charge in [0, 0.05) is 79.9 Å². The number of fused-ring (bicyclic) bond motifs is 10. The van der Waals surface area contributed by atoms with Crippen LogP contribution >= 0.6 is 62.7 Å². The van der Waals surface area contributed by atoms with Gasteiger partial charge in [0.25, 0.3) is 0 Å². The predicted octanol–water partition coefficient (Wildman–Crippen LogP) is 16.8.